The summed E-state index contributed by atoms with van der Waals surface area (Å²) < 4.78 is 42.4. The van der Waals surface area contributed by atoms with E-state index in [1.807, 2.05) is 66.7 Å². The number of nitrogens with zero attached hydrogens (tertiary/aromatic N) is 4. The fraction of sp³-hybridized carbons (Fsp3) is 0.378. The monoisotopic (exact) mass is 1010 g/mol. The molecule has 17 heteroatoms. The van der Waals surface area contributed by atoms with E-state index in [-0.39, 0.29) is 65.4 Å². The molecule has 0 unspecified atom stereocenters. The van der Waals surface area contributed by atoms with E-state index in [0.29, 0.717) is 41.0 Å². The van der Waals surface area contributed by atoms with Crippen molar-refractivity contribution in [1.29, 1.82) is 10.5 Å². The van der Waals surface area contributed by atoms with Crippen LogP contribution in [0.2, 0.25) is 0 Å². The molecule has 5 aromatic rings. The number of ether oxygens (including phenoxy) is 8. The molecule has 0 bridgehead atoms. The maximum Gasteiger partial charge on any atom is 1.00 e. The third-order valence-electron chi connectivity index (χ3n) is 8.21. The number of nitriles is 1. The minimum atomic E-state index is 0. The number of hydrogen-bond donors (Lipinski definition) is 2. The number of aryl methyl sites for hydroxylation is 4. The summed E-state index contributed by atoms with van der Waals surface area (Å²) in [7, 11) is 13.0. The van der Waals surface area contributed by atoms with E-state index in [2.05, 4.69) is 44.9 Å². The van der Waals surface area contributed by atoms with Crippen LogP contribution in [0.3, 0.4) is 0 Å². The van der Waals surface area contributed by atoms with Crippen LogP contribution in [0, 0.1) is 23.2 Å². The van der Waals surface area contributed by atoms with Crippen molar-refractivity contribution in [2.75, 3.05) is 73.6 Å². The summed E-state index contributed by atoms with van der Waals surface area (Å²) in [5, 5.41) is 32.7. The molecular weight excluding hydrogens is 953 g/mol. The van der Waals surface area contributed by atoms with Crippen LogP contribution >= 0.6 is 33.9 Å². The summed E-state index contributed by atoms with van der Waals surface area (Å²) in [6.07, 6.45) is 4.67. The third-order valence-corrected chi connectivity index (χ3v) is 9.56. The fourth-order valence-corrected chi connectivity index (χ4v) is 6.43. The predicted molar refractivity (Wildman–Crippen MR) is 249 cm³/mol. The zero-order valence-corrected chi connectivity index (χ0v) is 42.5. The number of aromatic nitrogens is 2. The van der Waals surface area contributed by atoms with Gasteiger partial charge in [0.1, 0.15) is 5.01 Å². The summed E-state index contributed by atoms with van der Waals surface area (Å²) in [5.74, 6) is 5.92. The molecule has 0 aliphatic carbocycles. The van der Waals surface area contributed by atoms with E-state index in [0.717, 1.165) is 69.2 Å². The maximum atomic E-state index is 8.74. The van der Waals surface area contributed by atoms with Gasteiger partial charge in [-0.25, -0.2) is 0 Å². The number of halogens is 1. The minimum absolute atomic E-state index is 0. The minimum Gasteiger partial charge on any atom is -0.512 e. The van der Waals surface area contributed by atoms with Gasteiger partial charge in [-0.15, -0.1) is 10.2 Å². The molecule has 3 N–H and O–H groups in total. The first-order valence-electron chi connectivity index (χ1n) is 18.3. The van der Waals surface area contributed by atoms with Gasteiger partial charge in [0.05, 0.1) is 62.9 Å². The molecule has 0 fully saturated rings. The summed E-state index contributed by atoms with van der Waals surface area (Å²) in [4.78, 5) is 0. The second-order valence-corrected chi connectivity index (χ2v) is 14.0. The van der Waals surface area contributed by atoms with E-state index in [1.54, 1.807) is 56.9 Å². The molecular formula is C45H59IKN5O9S. The normalized spacial score (nSPS) is 9.21. The van der Waals surface area contributed by atoms with Gasteiger partial charge in [-0.3, -0.25) is 0 Å². The van der Waals surface area contributed by atoms with Crippen molar-refractivity contribution in [2.45, 2.75) is 46.0 Å². The first-order valence-corrected chi connectivity index (χ1v) is 20.7. The van der Waals surface area contributed by atoms with Crippen molar-refractivity contribution in [1.82, 2.24) is 10.2 Å². The van der Waals surface area contributed by atoms with Gasteiger partial charge in [-0.1, -0.05) is 65.6 Å². The van der Waals surface area contributed by atoms with Gasteiger partial charge in [-0.2, -0.15) is 5.26 Å². The molecule has 0 aliphatic rings. The Hall–Kier alpha value is -4.05. The Balaban J connectivity index is 0. The third kappa shape index (κ3) is 21.8. The number of nitrogens with two attached hydrogens (primary N) is 1. The van der Waals surface area contributed by atoms with Crippen LogP contribution in [-0.4, -0.2) is 83.2 Å². The van der Waals surface area contributed by atoms with Crippen molar-refractivity contribution >= 4 is 39.1 Å². The van der Waals surface area contributed by atoms with Crippen LogP contribution in [0.1, 0.15) is 41.1 Å². The molecule has 0 atom stereocenters. The molecule has 4 aromatic carbocycles. The molecule has 0 saturated carbocycles. The summed E-state index contributed by atoms with van der Waals surface area (Å²) in [5.41, 5.74) is 10.1. The van der Waals surface area contributed by atoms with Gasteiger partial charge in [0.25, 0.3) is 0 Å². The summed E-state index contributed by atoms with van der Waals surface area (Å²) >= 11 is 3.78. The van der Waals surface area contributed by atoms with Gasteiger partial charge in [0.15, 0.2) is 46.0 Å². The van der Waals surface area contributed by atoms with Crippen molar-refractivity contribution < 1.29 is 94.4 Å². The molecule has 332 valence electrons. The van der Waals surface area contributed by atoms with E-state index in [9.17, 15) is 0 Å². The second-order valence-electron chi connectivity index (χ2n) is 11.9. The van der Waals surface area contributed by atoms with Gasteiger partial charge >= 0.3 is 51.4 Å². The quantitative estimate of drug-likeness (QED) is 0.0496. The molecule has 62 heavy (non-hydrogen) atoms. The van der Waals surface area contributed by atoms with Gasteiger partial charge in [0, 0.05) is 23.9 Å². The van der Waals surface area contributed by atoms with E-state index in [4.69, 9.17) is 65.8 Å². The van der Waals surface area contributed by atoms with Crippen LogP contribution < -0.4 is 95.0 Å². The molecule has 0 radical (unpaired) electrons. The number of nitrogen functional groups attached to an aromatic ring is 1. The molecule has 0 amide bonds. The zero-order chi connectivity index (χ0) is 44.7. The topological polar surface area (TPSA) is 193 Å². The van der Waals surface area contributed by atoms with E-state index < -0.39 is 0 Å². The number of aliphatic hydroxyl groups is 1. The Kier molecular flexibility index (Phi) is 35.3. The van der Waals surface area contributed by atoms with E-state index in [1.165, 1.54) is 22.5 Å². The summed E-state index contributed by atoms with van der Waals surface area (Å²) in [6.45, 7) is 4.90. The SMILES string of the molecule is C.COc1ccc(CCC#N)cc1OC.COc1ccc(CCI)cc1OC.COc1ccc(CCO)cc1OC.COc1ccc(CCc2nnc(N)s2)cc1OC.[C-]#N.[K+]. The number of anilines is 1. The second kappa shape index (κ2) is 36.4. The Bertz CT molecular complexity index is 1970. The van der Waals surface area contributed by atoms with Crippen molar-refractivity contribution in [3.8, 4) is 52.1 Å². The number of hydrogen-bond acceptors (Lipinski definition) is 15. The van der Waals surface area contributed by atoms with Crippen molar-refractivity contribution in [3.63, 3.8) is 0 Å². The van der Waals surface area contributed by atoms with Gasteiger partial charge in [0.2, 0.25) is 5.13 Å². The van der Waals surface area contributed by atoms with Crippen molar-refractivity contribution in [2.24, 2.45) is 0 Å². The van der Waals surface area contributed by atoms with Crippen molar-refractivity contribution in [3.05, 3.63) is 107 Å². The van der Waals surface area contributed by atoms with Crippen LogP contribution in [0.15, 0.2) is 72.8 Å². The summed E-state index contributed by atoms with van der Waals surface area (Å²) in [6, 6.07) is 25.4. The first kappa shape index (κ1) is 60.0. The van der Waals surface area contributed by atoms with E-state index >= 15 is 0 Å². The molecule has 0 aliphatic heterocycles. The fourth-order valence-electron chi connectivity index (χ4n) is 5.20. The number of benzene rings is 4. The average molecular weight is 1010 g/mol. The van der Waals surface area contributed by atoms with Crippen LogP contribution in [0.5, 0.6) is 46.0 Å². The maximum absolute atomic E-state index is 8.74. The number of alkyl halides is 1. The molecule has 14 nitrogen and oxygen atoms in total. The Morgan fingerprint density at radius 2 is 0.903 bits per heavy atom. The number of rotatable bonds is 17. The molecule has 1 heterocycles. The number of aliphatic hydroxyl groups excluding tert-OH is 1. The molecule has 0 saturated heterocycles. The molecule has 1 aromatic heterocycles. The van der Waals surface area contributed by atoms with Crippen LogP contribution in [0.4, 0.5) is 5.13 Å². The zero-order valence-electron chi connectivity index (χ0n) is 36.5. The predicted octanol–water partition coefficient (Wildman–Crippen LogP) is 5.74. The van der Waals surface area contributed by atoms with Crippen LogP contribution in [-0.2, 0) is 32.1 Å². The largest absolute Gasteiger partial charge is 1.00 e. The number of methoxy groups -OCH3 is 8. The molecule has 0 spiro atoms. The van der Waals surface area contributed by atoms with Gasteiger partial charge < -0.3 is 60.6 Å². The Labute approximate surface area is 428 Å². The van der Waals surface area contributed by atoms with Gasteiger partial charge in [-0.05, 0) is 96.5 Å². The average Bonchev–Trinajstić information content (AvgIpc) is 3.73. The van der Waals surface area contributed by atoms with Crippen LogP contribution in [0.25, 0.3) is 0 Å². The smallest absolute Gasteiger partial charge is 0.512 e. The first-order chi connectivity index (χ1) is 29.2. The Morgan fingerprint density at radius 1 is 0.565 bits per heavy atom. The standard InChI is InChI=1S/C12H15N3O2S.C11H13NO2.C10H13IO2.C10H14O3.CN.CH4.K/c1-16-9-5-3-8(7-10(9)17-2)4-6-11-14-15-12(13)18-11;1-13-10-6-5-9(4-3-7-12)8-11(10)14-2;2*1-12-9-4-3-8(5-6-11)7-10(9)13-2;1-2;;/h3,5,7H,4,6H2,1-2H3,(H2,13,15);5-6,8H,3-4H2,1-2H3;3-4,7H,5-6H2,1-2H3;3-4,7,11H,5-6H2,1-2H3;;1H4;/q;;;;-1;;+1. The molecule has 5 rings (SSSR count). The Morgan fingerprint density at radius 3 is 1.19 bits per heavy atom.